The van der Waals surface area contributed by atoms with Crippen molar-refractivity contribution in [2.75, 3.05) is 13.2 Å². The molecule has 1 atom stereocenters. The lowest BCUT2D eigenvalue weighted by atomic mass is 10.1. The van der Waals surface area contributed by atoms with E-state index in [2.05, 4.69) is 10.3 Å². The van der Waals surface area contributed by atoms with E-state index >= 15 is 0 Å². The highest BCUT2D eigenvalue weighted by molar-refractivity contribution is 5.77. The van der Waals surface area contributed by atoms with Gasteiger partial charge in [0.2, 0.25) is 5.91 Å². The van der Waals surface area contributed by atoms with E-state index in [9.17, 15) is 13.6 Å². The van der Waals surface area contributed by atoms with Crippen LogP contribution in [-0.2, 0) is 4.79 Å². The van der Waals surface area contributed by atoms with Crippen LogP contribution in [0.3, 0.4) is 0 Å². The first-order valence-corrected chi connectivity index (χ1v) is 9.26. The minimum absolute atomic E-state index is 0.136. The van der Waals surface area contributed by atoms with E-state index in [4.69, 9.17) is 4.74 Å². The van der Waals surface area contributed by atoms with Crippen LogP contribution in [0.25, 0.3) is 11.0 Å². The molecule has 1 N–H and O–H groups in total. The smallest absolute Gasteiger partial charge is 0.320 e. The standard InChI is InChI=1S/C21H23F2N3O2/c1-15(20-25-17-10-5-6-11-18(17)26(20)21(22)23)14-24-19(27)12-7-13-28-16-8-3-2-4-9-16/h2-6,8-11,15,21H,7,12-14H2,1H3,(H,24,27)/t15-/m1/s1. The number of amides is 1. The maximum absolute atomic E-state index is 13.5. The van der Waals surface area contributed by atoms with E-state index in [-0.39, 0.29) is 24.2 Å². The van der Waals surface area contributed by atoms with E-state index in [1.807, 2.05) is 30.3 Å². The van der Waals surface area contributed by atoms with Crippen molar-refractivity contribution in [2.24, 2.45) is 0 Å². The largest absolute Gasteiger partial charge is 0.494 e. The number of imidazole rings is 1. The van der Waals surface area contributed by atoms with Crippen LogP contribution >= 0.6 is 0 Å². The van der Waals surface area contributed by atoms with E-state index < -0.39 is 6.55 Å². The molecule has 0 aliphatic heterocycles. The maximum atomic E-state index is 13.5. The molecule has 0 saturated carbocycles. The SMILES string of the molecule is C[C@H](CNC(=O)CCCOc1ccccc1)c1nc2ccccc2n1C(F)F. The third-order valence-corrected chi connectivity index (χ3v) is 4.42. The lowest BCUT2D eigenvalue weighted by Gasteiger charge is -2.15. The number of rotatable bonds is 9. The van der Waals surface area contributed by atoms with Gasteiger partial charge < -0.3 is 10.1 Å². The highest BCUT2D eigenvalue weighted by atomic mass is 19.3. The highest BCUT2D eigenvalue weighted by Crippen LogP contribution is 2.27. The van der Waals surface area contributed by atoms with E-state index in [1.165, 1.54) is 0 Å². The Hall–Kier alpha value is -2.96. The predicted molar refractivity (Wildman–Crippen MR) is 104 cm³/mol. The summed E-state index contributed by atoms with van der Waals surface area (Å²) in [6, 6.07) is 16.2. The Morgan fingerprint density at radius 2 is 1.86 bits per heavy atom. The number of carbonyl (C=O) groups is 1. The van der Waals surface area contributed by atoms with E-state index in [1.54, 1.807) is 31.2 Å². The zero-order chi connectivity index (χ0) is 19.9. The number of benzene rings is 2. The zero-order valence-corrected chi connectivity index (χ0v) is 15.6. The van der Waals surface area contributed by atoms with Gasteiger partial charge in [-0.05, 0) is 30.7 Å². The van der Waals surface area contributed by atoms with Crippen LogP contribution < -0.4 is 10.1 Å². The molecule has 0 saturated heterocycles. The van der Waals surface area contributed by atoms with Crippen molar-refractivity contribution in [3.63, 3.8) is 0 Å². The molecule has 0 bridgehead atoms. The van der Waals surface area contributed by atoms with Crippen molar-refractivity contribution in [1.82, 2.24) is 14.9 Å². The molecule has 0 unspecified atom stereocenters. The van der Waals surface area contributed by atoms with Crippen LogP contribution in [-0.4, -0.2) is 28.6 Å². The van der Waals surface area contributed by atoms with Crippen LogP contribution in [0.4, 0.5) is 8.78 Å². The molecule has 0 spiro atoms. The van der Waals surface area contributed by atoms with Crippen LogP contribution in [0, 0.1) is 0 Å². The fourth-order valence-corrected chi connectivity index (χ4v) is 3.00. The molecule has 148 valence electrons. The van der Waals surface area contributed by atoms with Gasteiger partial charge in [-0.1, -0.05) is 37.3 Å². The normalized spacial score (nSPS) is 12.3. The summed E-state index contributed by atoms with van der Waals surface area (Å²) in [6.07, 6.45) is 0.884. The summed E-state index contributed by atoms with van der Waals surface area (Å²) in [4.78, 5) is 16.4. The van der Waals surface area contributed by atoms with Crippen molar-refractivity contribution >= 4 is 16.9 Å². The lowest BCUT2D eigenvalue weighted by Crippen LogP contribution is -2.28. The number of alkyl halides is 2. The fourth-order valence-electron chi connectivity index (χ4n) is 3.00. The quantitative estimate of drug-likeness (QED) is 0.550. The first-order chi connectivity index (χ1) is 13.6. The molecule has 0 aliphatic carbocycles. The van der Waals surface area contributed by atoms with Gasteiger partial charge in [-0.3, -0.25) is 9.36 Å². The fraction of sp³-hybridized carbons (Fsp3) is 0.333. The van der Waals surface area contributed by atoms with Crippen molar-refractivity contribution < 1.29 is 18.3 Å². The van der Waals surface area contributed by atoms with Crippen molar-refractivity contribution in [2.45, 2.75) is 32.2 Å². The summed E-state index contributed by atoms with van der Waals surface area (Å²) >= 11 is 0. The van der Waals surface area contributed by atoms with Gasteiger partial charge in [-0.15, -0.1) is 0 Å². The van der Waals surface area contributed by atoms with Crippen molar-refractivity contribution in [3.05, 3.63) is 60.4 Å². The number of ether oxygens (including phenoxy) is 1. The maximum Gasteiger partial charge on any atom is 0.320 e. The monoisotopic (exact) mass is 387 g/mol. The number of para-hydroxylation sites is 3. The predicted octanol–water partition coefficient (Wildman–Crippen LogP) is 4.51. The van der Waals surface area contributed by atoms with Gasteiger partial charge in [-0.2, -0.15) is 8.78 Å². The number of hydrogen-bond donors (Lipinski definition) is 1. The molecule has 1 heterocycles. The summed E-state index contributed by atoms with van der Waals surface area (Å²) in [5.74, 6) is 0.556. The molecule has 28 heavy (non-hydrogen) atoms. The summed E-state index contributed by atoms with van der Waals surface area (Å²) in [6.45, 7) is -0.225. The molecule has 0 radical (unpaired) electrons. The van der Waals surface area contributed by atoms with Crippen LogP contribution in [0.1, 0.15) is 38.1 Å². The van der Waals surface area contributed by atoms with Gasteiger partial charge in [0, 0.05) is 18.9 Å². The lowest BCUT2D eigenvalue weighted by molar-refractivity contribution is -0.121. The van der Waals surface area contributed by atoms with Crippen LogP contribution in [0.15, 0.2) is 54.6 Å². The molecule has 3 aromatic rings. The first kappa shape index (κ1) is 19.8. The van der Waals surface area contributed by atoms with Crippen molar-refractivity contribution in [1.29, 1.82) is 0 Å². The average Bonchev–Trinajstić information content (AvgIpc) is 3.10. The number of nitrogens with one attached hydrogen (secondary N) is 1. The molecule has 1 amide bonds. The van der Waals surface area contributed by atoms with Gasteiger partial charge in [0.25, 0.3) is 0 Å². The second-order valence-electron chi connectivity index (χ2n) is 6.58. The Labute approximate surface area is 162 Å². The number of hydrogen-bond acceptors (Lipinski definition) is 3. The Bertz CT molecular complexity index is 912. The zero-order valence-electron chi connectivity index (χ0n) is 15.6. The number of aromatic nitrogens is 2. The minimum atomic E-state index is -2.68. The molecule has 0 fully saturated rings. The number of halogens is 2. The molecule has 3 rings (SSSR count). The third kappa shape index (κ3) is 4.85. The van der Waals surface area contributed by atoms with E-state index in [0.717, 1.165) is 10.3 Å². The first-order valence-electron chi connectivity index (χ1n) is 9.26. The summed E-state index contributed by atoms with van der Waals surface area (Å²) in [7, 11) is 0. The van der Waals surface area contributed by atoms with Crippen molar-refractivity contribution in [3.8, 4) is 5.75 Å². The number of nitrogens with zero attached hydrogens (tertiary/aromatic N) is 2. The molecular weight excluding hydrogens is 364 g/mol. The molecule has 5 nitrogen and oxygen atoms in total. The molecule has 2 aromatic carbocycles. The Morgan fingerprint density at radius 1 is 1.14 bits per heavy atom. The number of fused-ring (bicyclic) bond motifs is 1. The second kappa shape index (κ2) is 9.30. The second-order valence-corrected chi connectivity index (χ2v) is 6.58. The van der Waals surface area contributed by atoms with Gasteiger partial charge in [0.15, 0.2) is 0 Å². The highest BCUT2D eigenvalue weighted by Gasteiger charge is 2.22. The topological polar surface area (TPSA) is 56.1 Å². The van der Waals surface area contributed by atoms with Gasteiger partial charge in [0.05, 0.1) is 17.6 Å². The summed E-state index contributed by atoms with van der Waals surface area (Å²) in [5.41, 5.74) is 0.915. The third-order valence-electron chi connectivity index (χ3n) is 4.42. The number of carbonyl (C=O) groups excluding carboxylic acids is 1. The Balaban J connectivity index is 1.50. The van der Waals surface area contributed by atoms with Crippen LogP contribution in [0.2, 0.25) is 0 Å². The van der Waals surface area contributed by atoms with Gasteiger partial charge in [0.1, 0.15) is 11.6 Å². The Morgan fingerprint density at radius 3 is 2.61 bits per heavy atom. The summed E-state index contributed by atoms with van der Waals surface area (Å²) < 4.78 is 33.5. The summed E-state index contributed by atoms with van der Waals surface area (Å²) in [5, 5.41) is 2.80. The average molecular weight is 387 g/mol. The molecule has 0 aliphatic rings. The van der Waals surface area contributed by atoms with Crippen LogP contribution in [0.5, 0.6) is 5.75 Å². The molecular formula is C21H23F2N3O2. The molecule has 7 heteroatoms. The van der Waals surface area contributed by atoms with Gasteiger partial charge >= 0.3 is 6.55 Å². The minimum Gasteiger partial charge on any atom is -0.494 e. The van der Waals surface area contributed by atoms with E-state index in [0.29, 0.717) is 30.5 Å². The Kier molecular flexibility index (Phi) is 6.57. The molecule has 1 aromatic heterocycles. The van der Waals surface area contributed by atoms with Gasteiger partial charge in [-0.25, -0.2) is 4.98 Å².